The van der Waals surface area contributed by atoms with Gasteiger partial charge in [0.15, 0.2) is 0 Å². The molecule has 0 spiro atoms. The number of nitrogens with zero attached hydrogens (tertiary/aromatic N) is 1. The third-order valence-corrected chi connectivity index (χ3v) is 4.92. The lowest BCUT2D eigenvalue weighted by Gasteiger charge is -2.32. The SMILES string of the molecule is O=C(C1CC1)N1CCC(NCc2ccc(F)c(Br)c2)CC1. The molecule has 1 N–H and O–H groups in total. The van der Waals surface area contributed by atoms with Gasteiger partial charge in [-0.25, -0.2) is 4.39 Å². The molecule has 5 heteroatoms. The summed E-state index contributed by atoms with van der Waals surface area (Å²) in [5.74, 6) is 0.452. The van der Waals surface area contributed by atoms with Crippen LogP contribution >= 0.6 is 15.9 Å². The molecule has 2 aliphatic rings. The highest BCUT2D eigenvalue weighted by Crippen LogP contribution is 2.31. The quantitative estimate of drug-likeness (QED) is 0.900. The molecule has 1 amide bonds. The highest BCUT2D eigenvalue weighted by molar-refractivity contribution is 9.10. The molecule has 21 heavy (non-hydrogen) atoms. The Bertz CT molecular complexity index is 525. The van der Waals surface area contributed by atoms with Gasteiger partial charge in [0.2, 0.25) is 5.91 Å². The van der Waals surface area contributed by atoms with Crippen LogP contribution in [0.4, 0.5) is 4.39 Å². The first-order valence-corrected chi connectivity index (χ1v) is 8.39. The fourth-order valence-corrected chi connectivity index (χ4v) is 3.23. The first kappa shape index (κ1) is 15.0. The minimum absolute atomic E-state index is 0.231. The molecular weight excluding hydrogens is 335 g/mol. The molecular formula is C16H20BrFN2O. The summed E-state index contributed by atoms with van der Waals surface area (Å²) in [6, 6.07) is 5.54. The number of amides is 1. The van der Waals surface area contributed by atoms with Crippen molar-refractivity contribution >= 4 is 21.8 Å². The van der Waals surface area contributed by atoms with E-state index < -0.39 is 0 Å². The molecule has 1 aliphatic carbocycles. The molecule has 1 aliphatic heterocycles. The van der Waals surface area contributed by atoms with Gasteiger partial charge in [0.05, 0.1) is 4.47 Å². The number of rotatable bonds is 4. The van der Waals surface area contributed by atoms with Gasteiger partial charge in [-0.05, 0) is 59.3 Å². The van der Waals surface area contributed by atoms with E-state index in [0.29, 0.717) is 22.3 Å². The summed E-state index contributed by atoms with van der Waals surface area (Å²) in [4.78, 5) is 14.0. The minimum Gasteiger partial charge on any atom is -0.342 e. The summed E-state index contributed by atoms with van der Waals surface area (Å²) in [7, 11) is 0. The zero-order valence-corrected chi connectivity index (χ0v) is 13.5. The smallest absolute Gasteiger partial charge is 0.225 e. The number of halogens is 2. The number of piperidine rings is 1. The molecule has 114 valence electrons. The van der Waals surface area contributed by atoms with Crippen LogP contribution in [-0.4, -0.2) is 29.9 Å². The van der Waals surface area contributed by atoms with Crippen LogP contribution in [0.15, 0.2) is 22.7 Å². The monoisotopic (exact) mass is 354 g/mol. The zero-order chi connectivity index (χ0) is 14.8. The lowest BCUT2D eigenvalue weighted by molar-refractivity contribution is -0.133. The third-order valence-electron chi connectivity index (χ3n) is 4.31. The molecule has 1 aromatic carbocycles. The van der Waals surface area contributed by atoms with Crippen LogP contribution in [-0.2, 0) is 11.3 Å². The number of carbonyl (C=O) groups excluding carboxylic acids is 1. The number of hydrogen-bond donors (Lipinski definition) is 1. The van der Waals surface area contributed by atoms with Crippen molar-refractivity contribution < 1.29 is 9.18 Å². The summed E-state index contributed by atoms with van der Waals surface area (Å²) in [5.41, 5.74) is 1.07. The zero-order valence-electron chi connectivity index (χ0n) is 11.9. The predicted molar refractivity (Wildman–Crippen MR) is 83.3 cm³/mol. The van der Waals surface area contributed by atoms with Gasteiger partial charge in [-0.3, -0.25) is 4.79 Å². The first-order chi connectivity index (χ1) is 10.1. The minimum atomic E-state index is -0.231. The van der Waals surface area contributed by atoms with E-state index in [1.165, 1.54) is 6.07 Å². The molecule has 0 radical (unpaired) electrons. The average molecular weight is 355 g/mol. The van der Waals surface area contributed by atoms with Crippen LogP contribution in [0.5, 0.6) is 0 Å². The maximum atomic E-state index is 13.2. The van der Waals surface area contributed by atoms with Gasteiger partial charge in [0.25, 0.3) is 0 Å². The maximum Gasteiger partial charge on any atom is 0.225 e. The molecule has 1 aromatic rings. The molecule has 0 aromatic heterocycles. The van der Waals surface area contributed by atoms with Gasteiger partial charge in [-0.2, -0.15) is 0 Å². The molecule has 1 heterocycles. The van der Waals surface area contributed by atoms with Crippen molar-refractivity contribution in [1.82, 2.24) is 10.2 Å². The second-order valence-corrected chi connectivity index (χ2v) is 6.86. The summed E-state index contributed by atoms with van der Waals surface area (Å²) >= 11 is 3.21. The second-order valence-electron chi connectivity index (χ2n) is 6.00. The Labute approximate surface area is 133 Å². The molecule has 3 rings (SSSR count). The van der Waals surface area contributed by atoms with E-state index in [-0.39, 0.29) is 5.82 Å². The Balaban J connectivity index is 1.44. The topological polar surface area (TPSA) is 32.3 Å². The standard InChI is InChI=1S/C16H20BrFN2O/c17-14-9-11(1-4-15(14)18)10-19-13-5-7-20(8-6-13)16(21)12-2-3-12/h1,4,9,12-13,19H,2-3,5-8,10H2. The number of likely N-dealkylation sites (tertiary alicyclic amines) is 1. The number of hydrogen-bond acceptors (Lipinski definition) is 2. The number of benzene rings is 1. The lowest BCUT2D eigenvalue weighted by atomic mass is 10.0. The van der Waals surface area contributed by atoms with Crippen molar-refractivity contribution in [2.75, 3.05) is 13.1 Å². The number of carbonyl (C=O) groups is 1. The fourth-order valence-electron chi connectivity index (χ4n) is 2.80. The molecule has 1 saturated carbocycles. The molecule has 0 atom stereocenters. The Hall–Kier alpha value is -0.940. The van der Waals surface area contributed by atoms with Gasteiger partial charge >= 0.3 is 0 Å². The molecule has 1 saturated heterocycles. The summed E-state index contributed by atoms with van der Waals surface area (Å²) in [5, 5.41) is 3.51. The first-order valence-electron chi connectivity index (χ1n) is 7.59. The van der Waals surface area contributed by atoms with E-state index in [0.717, 1.165) is 50.9 Å². The van der Waals surface area contributed by atoms with Gasteiger partial charge in [0.1, 0.15) is 5.82 Å². The summed E-state index contributed by atoms with van der Waals surface area (Å²) in [6.07, 6.45) is 4.16. The van der Waals surface area contributed by atoms with Gasteiger partial charge in [-0.15, -0.1) is 0 Å². The van der Waals surface area contributed by atoms with E-state index in [1.807, 2.05) is 11.0 Å². The van der Waals surface area contributed by atoms with Gasteiger partial charge < -0.3 is 10.2 Å². The third kappa shape index (κ3) is 3.83. The van der Waals surface area contributed by atoms with E-state index in [2.05, 4.69) is 21.2 Å². The number of nitrogens with one attached hydrogen (secondary N) is 1. The van der Waals surface area contributed by atoms with Crippen LogP contribution in [0.2, 0.25) is 0 Å². The van der Waals surface area contributed by atoms with Crippen molar-refractivity contribution in [3.8, 4) is 0 Å². The lowest BCUT2D eigenvalue weighted by Crippen LogP contribution is -2.45. The molecule has 0 unspecified atom stereocenters. The van der Waals surface area contributed by atoms with Crippen LogP contribution in [0.3, 0.4) is 0 Å². The predicted octanol–water partition coefficient (Wildman–Crippen LogP) is 3.08. The van der Waals surface area contributed by atoms with Gasteiger partial charge in [-0.1, -0.05) is 6.07 Å². The summed E-state index contributed by atoms with van der Waals surface area (Å²) in [6.45, 7) is 2.46. The fraction of sp³-hybridized carbons (Fsp3) is 0.562. The highest BCUT2D eigenvalue weighted by Gasteiger charge is 2.34. The van der Waals surface area contributed by atoms with Crippen LogP contribution < -0.4 is 5.32 Å². The van der Waals surface area contributed by atoms with Crippen molar-refractivity contribution in [1.29, 1.82) is 0 Å². The Morgan fingerprint density at radius 2 is 2.00 bits per heavy atom. The normalized spacial score (nSPS) is 19.8. The van der Waals surface area contributed by atoms with E-state index in [1.54, 1.807) is 6.07 Å². The van der Waals surface area contributed by atoms with Crippen LogP contribution in [0.25, 0.3) is 0 Å². The van der Waals surface area contributed by atoms with E-state index in [9.17, 15) is 9.18 Å². The average Bonchev–Trinajstić information content (AvgIpc) is 3.33. The molecule has 0 bridgehead atoms. The van der Waals surface area contributed by atoms with Crippen molar-refractivity contribution in [2.45, 2.75) is 38.3 Å². The second kappa shape index (κ2) is 6.44. The van der Waals surface area contributed by atoms with E-state index in [4.69, 9.17) is 0 Å². The van der Waals surface area contributed by atoms with Crippen molar-refractivity contribution in [3.05, 3.63) is 34.1 Å². The van der Waals surface area contributed by atoms with Crippen molar-refractivity contribution in [2.24, 2.45) is 5.92 Å². The molecule has 2 fully saturated rings. The summed E-state index contributed by atoms with van der Waals surface area (Å²) < 4.78 is 13.7. The van der Waals surface area contributed by atoms with Crippen molar-refractivity contribution in [3.63, 3.8) is 0 Å². The van der Waals surface area contributed by atoms with Gasteiger partial charge in [0, 0.05) is 31.6 Å². The highest BCUT2D eigenvalue weighted by atomic mass is 79.9. The Morgan fingerprint density at radius 3 is 2.62 bits per heavy atom. The largest absolute Gasteiger partial charge is 0.342 e. The maximum absolute atomic E-state index is 13.2. The Morgan fingerprint density at radius 1 is 1.29 bits per heavy atom. The van der Waals surface area contributed by atoms with Crippen LogP contribution in [0.1, 0.15) is 31.2 Å². The van der Waals surface area contributed by atoms with Crippen LogP contribution in [0, 0.1) is 11.7 Å². The Kier molecular flexibility index (Phi) is 4.60. The molecule has 3 nitrogen and oxygen atoms in total. The van der Waals surface area contributed by atoms with E-state index >= 15 is 0 Å².